The van der Waals surface area contributed by atoms with E-state index in [4.69, 9.17) is 16.0 Å². The van der Waals surface area contributed by atoms with Crippen molar-refractivity contribution < 1.29 is 9.21 Å². The maximum absolute atomic E-state index is 12.5. The highest BCUT2D eigenvalue weighted by Gasteiger charge is 2.16. The number of carbonyl (C=O) groups is 1. The van der Waals surface area contributed by atoms with Gasteiger partial charge in [0.05, 0.1) is 22.2 Å². The SMILES string of the molecule is Cc1ccc2c(Cl)c(C(=O)N/N=C/c3coc4ccc(C)cc4c3=O)sc2c1. The number of carbonyl (C=O) groups excluding carboxylic acids is 1. The smallest absolute Gasteiger partial charge is 0.283 e. The second-order valence-electron chi connectivity index (χ2n) is 6.46. The number of aryl methyl sites for hydroxylation is 2. The fourth-order valence-corrected chi connectivity index (χ4v) is 4.38. The lowest BCUT2D eigenvalue weighted by atomic mass is 10.1. The van der Waals surface area contributed by atoms with Crippen molar-refractivity contribution in [1.82, 2.24) is 5.43 Å². The molecule has 4 aromatic rings. The van der Waals surface area contributed by atoms with E-state index in [2.05, 4.69) is 10.5 Å². The molecule has 2 aromatic heterocycles. The summed E-state index contributed by atoms with van der Waals surface area (Å²) in [6.45, 7) is 3.88. The summed E-state index contributed by atoms with van der Waals surface area (Å²) in [6.07, 6.45) is 2.60. The number of benzene rings is 2. The predicted molar refractivity (Wildman–Crippen MR) is 114 cm³/mol. The van der Waals surface area contributed by atoms with Crippen LogP contribution in [0.1, 0.15) is 26.4 Å². The Morgan fingerprint density at radius 2 is 1.89 bits per heavy atom. The van der Waals surface area contributed by atoms with Crippen LogP contribution in [0.25, 0.3) is 21.1 Å². The van der Waals surface area contributed by atoms with Gasteiger partial charge in [0.25, 0.3) is 5.91 Å². The Kier molecular flexibility index (Phi) is 4.75. The van der Waals surface area contributed by atoms with Gasteiger partial charge in [-0.05, 0) is 37.6 Å². The van der Waals surface area contributed by atoms with E-state index < -0.39 is 5.91 Å². The molecule has 140 valence electrons. The van der Waals surface area contributed by atoms with Crippen molar-refractivity contribution >= 4 is 56.1 Å². The van der Waals surface area contributed by atoms with Crippen LogP contribution < -0.4 is 10.9 Å². The molecule has 0 radical (unpaired) electrons. The third-order valence-corrected chi connectivity index (χ3v) is 5.97. The van der Waals surface area contributed by atoms with Crippen molar-refractivity contribution in [3.63, 3.8) is 0 Å². The predicted octanol–water partition coefficient (Wildman–Crippen LogP) is 5.04. The second-order valence-corrected chi connectivity index (χ2v) is 7.89. The standard InChI is InChI=1S/C21H15ClN2O3S/c1-11-4-6-16-15(7-11)19(25)13(10-27-16)9-23-24-21(26)20-18(22)14-5-3-12(2)8-17(14)28-20/h3-10H,1-2H3,(H,24,26)/b23-9+. The quantitative estimate of drug-likeness (QED) is 0.380. The van der Waals surface area contributed by atoms with Crippen LogP contribution in [0.15, 0.2) is 57.0 Å². The van der Waals surface area contributed by atoms with Gasteiger partial charge in [-0.2, -0.15) is 5.10 Å². The normalized spacial score (nSPS) is 11.5. The summed E-state index contributed by atoms with van der Waals surface area (Å²) in [4.78, 5) is 25.4. The number of hydrazone groups is 1. The highest BCUT2D eigenvalue weighted by molar-refractivity contribution is 7.21. The van der Waals surface area contributed by atoms with E-state index in [-0.39, 0.29) is 11.0 Å². The molecule has 5 nitrogen and oxygen atoms in total. The summed E-state index contributed by atoms with van der Waals surface area (Å²) in [5.41, 5.74) is 5.01. The van der Waals surface area contributed by atoms with Crippen molar-refractivity contribution in [3.05, 3.63) is 79.5 Å². The van der Waals surface area contributed by atoms with E-state index in [1.807, 2.05) is 38.1 Å². The largest absolute Gasteiger partial charge is 0.463 e. The van der Waals surface area contributed by atoms with Crippen molar-refractivity contribution in [3.8, 4) is 0 Å². The number of fused-ring (bicyclic) bond motifs is 2. The van der Waals surface area contributed by atoms with Crippen LogP contribution in [0.5, 0.6) is 0 Å². The molecule has 4 rings (SSSR count). The summed E-state index contributed by atoms with van der Waals surface area (Å²) < 4.78 is 6.40. The zero-order valence-corrected chi connectivity index (χ0v) is 16.6. The molecule has 0 fully saturated rings. The zero-order valence-electron chi connectivity index (χ0n) is 15.1. The second kappa shape index (κ2) is 7.22. The van der Waals surface area contributed by atoms with Gasteiger partial charge in [0.1, 0.15) is 16.7 Å². The van der Waals surface area contributed by atoms with Gasteiger partial charge < -0.3 is 4.42 Å². The third kappa shape index (κ3) is 3.32. The van der Waals surface area contributed by atoms with Gasteiger partial charge in [-0.15, -0.1) is 11.3 Å². The molecule has 0 spiro atoms. The van der Waals surface area contributed by atoms with Crippen LogP contribution in [0.2, 0.25) is 5.02 Å². The van der Waals surface area contributed by atoms with E-state index in [1.165, 1.54) is 23.8 Å². The Morgan fingerprint density at radius 1 is 1.14 bits per heavy atom. The molecule has 0 aliphatic heterocycles. The highest BCUT2D eigenvalue weighted by Crippen LogP contribution is 2.35. The van der Waals surface area contributed by atoms with Crippen LogP contribution in [-0.2, 0) is 0 Å². The first-order valence-corrected chi connectivity index (χ1v) is 9.67. The molecule has 0 saturated heterocycles. The number of amides is 1. The first-order chi connectivity index (χ1) is 13.4. The van der Waals surface area contributed by atoms with Gasteiger partial charge in [-0.25, -0.2) is 5.43 Å². The van der Waals surface area contributed by atoms with Gasteiger partial charge in [0.15, 0.2) is 0 Å². The van der Waals surface area contributed by atoms with Gasteiger partial charge in [-0.1, -0.05) is 35.4 Å². The molecule has 0 aliphatic rings. The molecule has 7 heteroatoms. The molecule has 2 heterocycles. The van der Waals surface area contributed by atoms with Crippen LogP contribution in [0, 0.1) is 13.8 Å². The number of halogens is 1. The maximum Gasteiger partial charge on any atom is 0.283 e. The summed E-state index contributed by atoms with van der Waals surface area (Å²) >= 11 is 7.64. The molecule has 1 amide bonds. The number of nitrogens with one attached hydrogen (secondary N) is 1. The zero-order chi connectivity index (χ0) is 19.8. The average molecular weight is 411 g/mol. The molecule has 0 atom stereocenters. The molecule has 2 aromatic carbocycles. The van der Waals surface area contributed by atoms with Gasteiger partial charge in [0.2, 0.25) is 5.43 Å². The topological polar surface area (TPSA) is 71.7 Å². The van der Waals surface area contributed by atoms with E-state index in [0.29, 0.717) is 20.9 Å². The Labute approximate surface area is 169 Å². The number of rotatable bonds is 3. The molecular formula is C21H15ClN2O3S. The molecule has 0 unspecified atom stereocenters. The van der Waals surface area contributed by atoms with Gasteiger partial charge >= 0.3 is 0 Å². The molecule has 0 saturated carbocycles. The molecule has 0 aliphatic carbocycles. The lowest BCUT2D eigenvalue weighted by Gasteiger charge is -2.00. The minimum atomic E-state index is -0.430. The molecule has 0 bridgehead atoms. The maximum atomic E-state index is 12.5. The van der Waals surface area contributed by atoms with Crippen molar-refractivity contribution in [2.75, 3.05) is 0 Å². The van der Waals surface area contributed by atoms with Crippen LogP contribution >= 0.6 is 22.9 Å². The summed E-state index contributed by atoms with van der Waals surface area (Å²) in [5.74, 6) is -0.430. The Hall–Kier alpha value is -2.96. The minimum absolute atomic E-state index is 0.210. The summed E-state index contributed by atoms with van der Waals surface area (Å²) in [6, 6.07) is 11.2. The van der Waals surface area contributed by atoms with Gasteiger partial charge in [0, 0.05) is 10.1 Å². The number of hydrogen-bond acceptors (Lipinski definition) is 5. The van der Waals surface area contributed by atoms with E-state index in [9.17, 15) is 9.59 Å². The minimum Gasteiger partial charge on any atom is -0.463 e. The highest BCUT2D eigenvalue weighted by atomic mass is 35.5. The van der Waals surface area contributed by atoms with Gasteiger partial charge in [-0.3, -0.25) is 9.59 Å². The monoisotopic (exact) mass is 410 g/mol. The van der Waals surface area contributed by atoms with Crippen molar-refractivity contribution in [1.29, 1.82) is 0 Å². The summed E-state index contributed by atoms with van der Waals surface area (Å²) in [7, 11) is 0. The molecule has 1 N–H and O–H groups in total. The summed E-state index contributed by atoms with van der Waals surface area (Å²) in [5, 5.41) is 5.60. The Bertz CT molecular complexity index is 1320. The van der Waals surface area contributed by atoms with Crippen LogP contribution in [0.4, 0.5) is 0 Å². The first-order valence-electron chi connectivity index (χ1n) is 8.48. The molecular weight excluding hydrogens is 396 g/mol. The van der Waals surface area contributed by atoms with Crippen molar-refractivity contribution in [2.24, 2.45) is 5.10 Å². The average Bonchev–Trinajstić information content (AvgIpc) is 3.00. The van der Waals surface area contributed by atoms with E-state index >= 15 is 0 Å². The molecule has 28 heavy (non-hydrogen) atoms. The fourth-order valence-electron chi connectivity index (χ4n) is 2.88. The Balaban J connectivity index is 1.59. The fraction of sp³-hybridized carbons (Fsp3) is 0.0952. The van der Waals surface area contributed by atoms with Crippen molar-refractivity contribution in [2.45, 2.75) is 13.8 Å². The van der Waals surface area contributed by atoms with E-state index in [1.54, 1.807) is 12.1 Å². The van der Waals surface area contributed by atoms with E-state index in [0.717, 1.165) is 21.2 Å². The number of nitrogens with zero attached hydrogens (tertiary/aromatic N) is 1. The third-order valence-electron chi connectivity index (χ3n) is 4.32. The van der Waals surface area contributed by atoms with Crippen LogP contribution in [0.3, 0.4) is 0 Å². The van der Waals surface area contributed by atoms with Crippen LogP contribution in [-0.4, -0.2) is 12.1 Å². The number of hydrogen-bond donors (Lipinski definition) is 1. The lowest BCUT2D eigenvalue weighted by Crippen LogP contribution is -2.17. The number of thiophene rings is 1. The lowest BCUT2D eigenvalue weighted by molar-refractivity contribution is 0.0959. The Morgan fingerprint density at radius 3 is 2.71 bits per heavy atom. The first kappa shape index (κ1) is 18.4.